The van der Waals surface area contributed by atoms with E-state index in [1.165, 1.54) is 4.88 Å². The molecular formula is C14H24BrN3OS. The van der Waals surface area contributed by atoms with Gasteiger partial charge in [-0.3, -0.25) is 9.69 Å². The van der Waals surface area contributed by atoms with Crippen LogP contribution in [-0.4, -0.2) is 48.9 Å². The van der Waals surface area contributed by atoms with Crippen LogP contribution in [0.5, 0.6) is 0 Å². The van der Waals surface area contributed by atoms with Crippen LogP contribution in [0.3, 0.4) is 0 Å². The van der Waals surface area contributed by atoms with Gasteiger partial charge in [-0.2, -0.15) is 0 Å². The number of thiophene rings is 1. The predicted molar refractivity (Wildman–Crippen MR) is 89.0 cm³/mol. The Labute approximate surface area is 134 Å². The van der Waals surface area contributed by atoms with E-state index in [0.29, 0.717) is 6.54 Å². The van der Waals surface area contributed by atoms with Gasteiger partial charge in [0.1, 0.15) is 0 Å². The summed E-state index contributed by atoms with van der Waals surface area (Å²) in [6.45, 7) is 5.39. The summed E-state index contributed by atoms with van der Waals surface area (Å²) in [5.74, 6) is 0.111. The molecular weight excluding hydrogens is 338 g/mol. The van der Waals surface area contributed by atoms with Crippen LogP contribution in [0.1, 0.15) is 31.2 Å². The van der Waals surface area contributed by atoms with Crippen LogP contribution in [0.15, 0.2) is 15.9 Å². The van der Waals surface area contributed by atoms with Gasteiger partial charge in [0.05, 0.1) is 12.6 Å². The minimum atomic E-state index is -0.0259. The van der Waals surface area contributed by atoms with E-state index in [0.717, 1.165) is 17.4 Å². The quantitative estimate of drug-likeness (QED) is 0.811. The molecule has 1 amide bonds. The van der Waals surface area contributed by atoms with E-state index in [2.05, 4.69) is 39.2 Å². The second kappa shape index (κ2) is 8.12. The van der Waals surface area contributed by atoms with Crippen molar-refractivity contribution in [3.05, 3.63) is 20.8 Å². The summed E-state index contributed by atoms with van der Waals surface area (Å²) in [4.78, 5) is 17.0. The van der Waals surface area contributed by atoms with Crippen LogP contribution >= 0.6 is 27.3 Å². The molecule has 1 aromatic rings. The molecule has 2 unspecified atom stereocenters. The molecule has 0 saturated carbocycles. The number of carbonyl (C=O) groups excluding carboxylic acids is 1. The number of hydrogen-bond acceptors (Lipinski definition) is 4. The zero-order valence-electron chi connectivity index (χ0n) is 12.6. The highest BCUT2D eigenvalue weighted by atomic mass is 79.9. The Hall–Kier alpha value is -0.430. The Kier molecular flexibility index (Phi) is 7.15. The number of amides is 1. The third-order valence-corrected chi connectivity index (χ3v) is 4.88. The Morgan fingerprint density at radius 2 is 2.15 bits per heavy atom. The fourth-order valence-corrected chi connectivity index (χ4v) is 3.87. The number of likely N-dealkylation sites (N-methyl/N-ethyl adjacent to an activating group) is 1. The van der Waals surface area contributed by atoms with E-state index in [-0.39, 0.29) is 18.0 Å². The summed E-state index contributed by atoms with van der Waals surface area (Å²) in [5, 5.41) is 2.06. The maximum absolute atomic E-state index is 12.0. The molecule has 1 aromatic heterocycles. The van der Waals surface area contributed by atoms with Gasteiger partial charge in [-0.25, -0.2) is 0 Å². The van der Waals surface area contributed by atoms with Gasteiger partial charge in [0.2, 0.25) is 5.91 Å². The lowest BCUT2D eigenvalue weighted by Gasteiger charge is -2.33. The molecule has 0 aliphatic rings. The molecule has 4 nitrogen and oxygen atoms in total. The van der Waals surface area contributed by atoms with Crippen LogP contribution in [0.2, 0.25) is 0 Å². The first kappa shape index (κ1) is 17.6. The zero-order chi connectivity index (χ0) is 15.3. The van der Waals surface area contributed by atoms with Crippen LogP contribution in [-0.2, 0) is 4.79 Å². The summed E-state index contributed by atoms with van der Waals surface area (Å²) in [7, 11) is 3.57. The summed E-state index contributed by atoms with van der Waals surface area (Å²) in [5.41, 5.74) is 6.19. The monoisotopic (exact) mass is 361 g/mol. The zero-order valence-corrected chi connectivity index (χ0v) is 15.0. The van der Waals surface area contributed by atoms with Gasteiger partial charge < -0.3 is 10.6 Å². The standard InChI is InChI=1S/C14H24BrN3OS/c1-5-6-18(8-13(19)17(3)4)14(10(2)16)12-7-11(15)9-20-12/h7,9-10,14H,5-6,8,16H2,1-4H3. The van der Waals surface area contributed by atoms with E-state index < -0.39 is 0 Å². The highest BCUT2D eigenvalue weighted by Crippen LogP contribution is 2.31. The van der Waals surface area contributed by atoms with Crippen LogP contribution in [0.4, 0.5) is 0 Å². The number of carbonyl (C=O) groups is 1. The number of halogens is 1. The molecule has 0 fully saturated rings. The van der Waals surface area contributed by atoms with Crippen molar-refractivity contribution in [3.63, 3.8) is 0 Å². The summed E-state index contributed by atoms with van der Waals surface area (Å²) in [6, 6.07) is 2.15. The number of hydrogen-bond donors (Lipinski definition) is 1. The summed E-state index contributed by atoms with van der Waals surface area (Å²) in [6.07, 6.45) is 0.997. The Balaban J connectivity index is 2.97. The highest BCUT2D eigenvalue weighted by Gasteiger charge is 2.27. The third kappa shape index (κ3) is 4.84. The van der Waals surface area contributed by atoms with Crippen molar-refractivity contribution >= 4 is 33.2 Å². The van der Waals surface area contributed by atoms with Crippen LogP contribution < -0.4 is 5.73 Å². The molecule has 0 saturated heterocycles. The van der Waals surface area contributed by atoms with Gasteiger partial charge in [-0.15, -0.1) is 11.3 Å². The molecule has 1 rings (SSSR count). The number of rotatable bonds is 7. The Morgan fingerprint density at radius 1 is 1.50 bits per heavy atom. The largest absolute Gasteiger partial charge is 0.348 e. The summed E-state index contributed by atoms with van der Waals surface area (Å²) >= 11 is 5.17. The fraction of sp³-hybridized carbons (Fsp3) is 0.643. The van der Waals surface area contributed by atoms with Crippen LogP contribution in [0.25, 0.3) is 0 Å². The van der Waals surface area contributed by atoms with Crippen molar-refractivity contribution in [1.29, 1.82) is 0 Å². The van der Waals surface area contributed by atoms with Gasteiger partial charge in [0.15, 0.2) is 0 Å². The molecule has 0 aromatic carbocycles. The third-order valence-electron chi connectivity index (χ3n) is 3.12. The van der Waals surface area contributed by atoms with E-state index in [1.54, 1.807) is 30.3 Å². The van der Waals surface area contributed by atoms with Gasteiger partial charge in [0, 0.05) is 34.9 Å². The molecule has 20 heavy (non-hydrogen) atoms. The lowest BCUT2D eigenvalue weighted by atomic mass is 10.1. The Bertz CT molecular complexity index is 434. The minimum Gasteiger partial charge on any atom is -0.348 e. The lowest BCUT2D eigenvalue weighted by Crippen LogP contribution is -2.44. The molecule has 0 bridgehead atoms. The van der Waals surface area contributed by atoms with Crippen molar-refractivity contribution in [2.45, 2.75) is 32.4 Å². The molecule has 1 heterocycles. The fourth-order valence-electron chi connectivity index (χ4n) is 2.17. The maximum Gasteiger partial charge on any atom is 0.236 e. The van der Waals surface area contributed by atoms with Gasteiger partial charge in [-0.05, 0) is 41.9 Å². The smallest absolute Gasteiger partial charge is 0.236 e. The van der Waals surface area contributed by atoms with E-state index in [1.807, 2.05) is 6.92 Å². The van der Waals surface area contributed by atoms with Gasteiger partial charge >= 0.3 is 0 Å². The second-order valence-electron chi connectivity index (χ2n) is 5.23. The normalized spacial score (nSPS) is 14.3. The molecule has 0 aliphatic heterocycles. The van der Waals surface area contributed by atoms with Crippen molar-refractivity contribution < 1.29 is 4.79 Å². The maximum atomic E-state index is 12.0. The molecule has 6 heteroatoms. The lowest BCUT2D eigenvalue weighted by molar-refractivity contribution is -0.130. The molecule has 114 valence electrons. The second-order valence-corrected chi connectivity index (χ2v) is 7.09. The highest BCUT2D eigenvalue weighted by molar-refractivity contribution is 9.10. The van der Waals surface area contributed by atoms with Crippen molar-refractivity contribution in [1.82, 2.24) is 9.80 Å². The number of nitrogens with zero attached hydrogens (tertiary/aromatic N) is 2. The average Bonchev–Trinajstić information content (AvgIpc) is 2.75. The van der Waals surface area contributed by atoms with Crippen molar-refractivity contribution in [2.75, 3.05) is 27.2 Å². The van der Waals surface area contributed by atoms with Gasteiger partial charge in [0.25, 0.3) is 0 Å². The molecule has 2 atom stereocenters. The minimum absolute atomic E-state index is 0.0259. The first-order valence-corrected chi connectivity index (χ1v) is 8.47. The predicted octanol–water partition coefficient (Wildman–Crippen LogP) is 2.70. The molecule has 0 spiro atoms. The van der Waals surface area contributed by atoms with E-state index in [9.17, 15) is 4.79 Å². The topological polar surface area (TPSA) is 49.6 Å². The van der Waals surface area contributed by atoms with E-state index >= 15 is 0 Å². The van der Waals surface area contributed by atoms with Crippen molar-refractivity contribution in [3.8, 4) is 0 Å². The summed E-state index contributed by atoms with van der Waals surface area (Å²) < 4.78 is 1.07. The SMILES string of the molecule is CCCN(CC(=O)N(C)C)C(c1cc(Br)cs1)C(C)N. The van der Waals surface area contributed by atoms with Crippen LogP contribution in [0, 0.1) is 0 Å². The Morgan fingerprint density at radius 3 is 2.55 bits per heavy atom. The average molecular weight is 362 g/mol. The molecule has 0 aliphatic carbocycles. The van der Waals surface area contributed by atoms with Crippen molar-refractivity contribution in [2.24, 2.45) is 5.73 Å². The number of nitrogens with two attached hydrogens (primary N) is 1. The first-order chi connectivity index (χ1) is 9.36. The molecule has 0 radical (unpaired) electrons. The van der Waals surface area contributed by atoms with E-state index in [4.69, 9.17) is 5.73 Å². The first-order valence-electron chi connectivity index (χ1n) is 6.80. The van der Waals surface area contributed by atoms with Gasteiger partial charge in [-0.1, -0.05) is 6.92 Å². The molecule has 2 N–H and O–H groups in total.